The number of rotatable bonds is 6. The number of carbonyl (C=O) groups is 1. The van der Waals surface area contributed by atoms with Crippen LogP contribution in [0.5, 0.6) is 0 Å². The highest BCUT2D eigenvalue weighted by Gasteiger charge is 2.13. The van der Waals surface area contributed by atoms with Gasteiger partial charge in [0.05, 0.1) is 17.8 Å². The van der Waals surface area contributed by atoms with Crippen LogP contribution in [0.1, 0.15) is 23.1 Å². The zero-order valence-corrected chi connectivity index (χ0v) is 14.3. The highest BCUT2D eigenvalue weighted by Crippen LogP contribution is 2.22. The highest BCUT2D eigenvalue weighted by molar-refractivity contribution is 7.99. The Hall–Kier alpha value is -2.74. The maximum Gasteiger partial charge on any atom is 0.252 e. The Balaban J connectivity index is 1.74. The fraction of sp³-hybridized carbons (Fsp3) is 0.176. The van der Waals surface area contributed by atoms with E-state index in [1.165, 1.54) is 16.8 Å². The summed E-state index contributed by atoms with van der Waals surface area (Å²) in [5.41, 5.74) is 1.24. The first-order chi connectivity index (χ1) is 12.2. The molecule has 0 bridgehead atoms. The number of nitrogens with one attached hydrogen (secondary N) is 1. The molecule has 1 N–H and O–H groups in total. The molecule has 0 aliphatic rings. The molecule has 0 unspecified atom stereocenters. The molecule has 1 heterocycles. The predicted molar refractivity (Wildman–Crippen MR) is 93.1 cm³/mol. The molecule has 0 aliphatic carbocycles. The standard InChI is InChI=1S/C17H16FN5OS/c1-2-25-15-6-4-3-5-14(15)17(24)19-11-16-20-21-22-23(16)13-9-7-12(18)8-10-13/h3-10H,2,11H2,1H3,(H,19,24). The molecule has 0 fully saturated rings. The number of tetrazole rings is 1. The minimum Gasteiger partial charge on any atom is -0.345 e. The fourth-order valence-corrected chi connectivity index (χ4v) is 3.09. The van der Waals surface area contributed by atoms with E-state index in [0.29, 0.717) is 17.1 Å². The maximum absolute atomic E-state index is 13.1. The van der Waals surface area contributed by atoms with Crippen LogP contribution in [0.3, 0.4) is 0 Å². The first-order valence-corrected chi connectivity index (χ1v) is 8.71. The van der Waals surface area contributed by atoms with E-state index in [1.807, 2.05) is 25.1 Å². The molecule has 0 aliphatic heterocycles. The van der Waals surface area contributed by atoms with Crippen molar-refractivity contribution in [3.8, 4) is 5.69 Å². The molecule has 0 radical (unpaired) electrons. The largest absolute Gasteiger partial charge is 0.345 e. The number of nitrogens with zero attached hydrogens (tertiary/aromatic N) is 4. The Morgan fingerprint density at radius 1 is 1.20 bits per heavy atom. The molecular formula is C17H16FN5OS. The van der Waals surface area contributed by atoms with E-state index in [4.69, 9.17) is 0 Å². The smallest absolute Gasteiger partial charge is 0.252 e. The summed E-state index contributed by atoms with van der Waals surface area (Å²) < 4.78 is 14.5. The van der Waals surface area contributed by atoms with Crippen LogP contribution >= 0.6 is 11.8 Å². The number of thioether (sulfide) groups is 1. The molecule has 0 saturated carbocycles. The molecule has 128 valence electrons. The van der Waals surface area contributed by atoms with Crippen molar-refractivity contribution in [2.24, 2.45) is 0 Å². The van der Waals surface area contributed by atoms with Gasteiger partial charge in [0.15, 0.2) is 5.82 Å². The zero-order chi connectivity index (χ0) is 17.6. The quantitative estimate of drug-likeness (QED) is 0.687. The summed E-state index contributed by atoms with van der Waals surface area (Å²) in [6.07, 6.45) is 0. The Morgan fingerprint density at radius 3 is 2.72 bits per heavy atom. The summed E-state index contributed by atoms with van der Waals surface area (Å²) in [5, 5.41) is 14.3. The lowest BCUT2D eigenvalue weighted by atomic mass is 10.2. The van der Waals surface area contributed by atoms with Gasteiger partial charge in [0.1, 0.15) is 5.82 Å². The first-order valence-electron chi connectivity index (χ1n) is 7.72. The molecule has 25 heavy (non-hydrogen) atoms. The van der Waals surface area contributed by atoms with Crippen LogP contribution in [0.25, 0.3) is 5.69 Å². The van der Waals surface area contributed by atoms with E-state index in [-0.39, 0.29) is 18.3 Å². The van der Waals surface area contributed by atoms with Crippen molar-refractivity contribution >= 4 is 17.7 Å². The van der Waals surface area contributed by atoms with E-state index >= 15 is 0 Å². The van der Waals surface area contributed by atoms with Gasteiger partial charge in [-0.1, -0.05) is 19.1 Å². The molecule has 1 amide bonds. The van der Waals surface area contributed by atoms with Crippen molar-refractivity contribution in [3.63, 3.8) is 0 Å². The van der Waals surface area contributed by atoms with Crippen molar-refractivity contribution < 1.29 is 9.18 Å². The lowest BCUT2D eigenvalue weighted by Gasteiger charge is -2.09. The second-order valence-electron chi connectivity index (χ2n) is 5.10. The van der Waals surface area contributed by atoms with E-state index in [1.54, 1.807) is 30.0 Å². The van der Waals surface area contributed by atoms with Gasteiger partial charge in [0, 0.05) is 4.90 Å². The minimum absolute atomic E-state index is 0.161. The van der Waals surface area contributed by atoms with Crippen molar-refractivity contribution in [3.05, 3.63) is 65.7 Å². The first kappa shape index (κ1) is 17.1. The van der Waals surface area contributed by atoms with Gasteiger partial charge in [0.2, 0.25) is 0 Å². The molecule has 0 saturated heterocycles. The molecule has 0 spiro atoms. The number of hydrogen-bond acceptors (Lipinski definition) is 5. The van der Waals surface area contributed by atoms with Crippen molar-refractivity contribution in [1.82, 2.24) is 25.5 Å². The molecule has 3 rings (SSSR count). The van der Waals surface area contributed by atoms with E-state index in [0.717, 1.165) is 10.6 Å². The number of benzene rings is 2. The van der Waals surface area contributed by atoms with E-state index < -0.39 is 0 Å². The molecular weight excluding hydrogens is 341 g/mol. The summed E-state index contributed by atoms with van der Waals surface area (Å²) >= 11 is 1.61. The Morgan fingerprint density at radius 2 is 1.96 bits per heavy atom. The van der Waals surface area contributed by atoms with E-state index in [9.17, 15) is 9.18 Å². The van der Waals surface area contributed by atoms with Gasteiger partial charge in [-0.15, -0.1) is 16.9 Å². The Labute approximate surface area is 148 Å². The summed E-state index contributed by atoms with van der Waals surface area (Å²) in [6.45, 7) is 2.20. The van der Waals surface area contributed by atoms with Gasteiger partial charge in [-0.3, -0.25) is 4.79 Å². The molecule has 3 aromatic rings. The molecule has 2 aromatic carbocycles. The van der Waals surface area contributed by atoms with Gasteiger partial charge >= 0.3 is 0 Å². The third-order valence-corrected chi connectivity index (χ3v) is 4.40. The number of aromatic nitrogens is 4. The zero-order valence-electron chi connectivity index (χ0n) is 13.5. The topological polar surface area (TPSA) is 72.7 Å². The fourth-order valence-electron chi connectivity index (χ4n) is 2.29. The SMILES string of the molecule is CCSc1ccccc1C(=O)NCc1nnnn1-c1ccc(F)cc1. The number of halogens is 1. The third kappa shape index (κ3) is 4.03. The minimum atomic E-state index is -0.336. The van der Waals surface area contributed by atoms with Crippen LogP contribution in [-0.2, 0) is 6.54 Å². The lowest BCUT2D eigenvalue weighted by molar-refractivity contribution is 0.0946. The summed E-state index contributed by atoms with van der Waals surface area (Å²) in [5.74, 6) is 0.815. The molecule has 1 aromatic heterocycles. The summed E-state index contributed by atoms with van der Waals surface area (Å²) in [7, 11) is 0. The molecule has 6 nitrogen and oxygen atoms in total. The van der Waals surface area contributed by atoms with Gasteiger partial charge < -0.3 is 5.32 Å². The third-order valence-electron chi connectivity index (χ3n) is 3.44. The monoisotopic (exact) mass is 357 g/mol. The molecule has 0 atom stereocenters. The van der Waals surface area contributed by atoms with E-state index in [2.05, 4.69) is 20.8 Å². The highest BCUT2D eigenvalue weighted by atomic mass is 32.2. The average Bonchev–Trinajstić information content (AvgIpc) is 3.09. The van der Waals surface area contributed by atoms with Crippen LogP contribution < -0.4 is 5.32 Å². The van der Waals surface area contributed by atoms with Crippen molar-refractivity contribution in [1.29, 1.82) is 0 Å². The summed E-state index contributed by atoms with van der Waals surface area (Å²) in [4.78, 5) is 13.4. The van der Waals surface area contributed by atoms with Crippen LogP contribution in [0.4, 0.5) is 4.39 Å². The van der Waals surface area contributed by atoms with Gasteiger partial charge in [0.25, 0.3) is 5.91 Å². The normalized spacial score (nSPS) is 10.6. The van der Waals surface area contributed by atoms with Crippen molar-refractivity contribution in [2.45, 2.75) is 18.4 Å². The van der Waals surface area contributed by atoms with Crippen LogP contribution in [0, 0.1) is 5.82 Å². The van der Waals surface area contributed by atoms with Crippen LogP contribution in [0.15, 0.2) is 53.4 Å². The summed E-state index contributed by atoms with van der Waals surface area (Å²) in [6, 6.07) is 13.3. The maximum atomic E-state index is 13.1. The second kappa shape index (κ2) is 7.89. The molecule has 8 heteroatoms. The lowest BCUT2D eigenvalue weighted by Crippen LogP contribution is -2.25. The number of amides is 1. The van der Waals surface area contributed by atoms with Gasteiger partial charge in [-0.2, -0.15) is 4.68 Å². The average molecular weight is 357 g/mol. The van der Waals surface area contributed by atoms with Crippen LogP contribution in [0.2, 0.25) is 0 Å². The van der Waals surface area contributed by atoms with Gasteiger partial charge in [-0.25, -0.2) is 4.39 Å². The van der Waals surface area contributed by atoms with Crippen molar-refractivity contribution in [2.75, 3.05) is 5.75 Å². The second-order valence-corrected chi connectivity index (χ2v) is 6.40. The number of carbonyl (C=O) groups excluding carboxylic acids is 1. The number of hydrogen-bond donors (Lipinski definition) is 1. The van der Waals surface area contributed by atoms with Gasteiger partial charge in [-0.05, 0) is 52.6 Å². The predicted octanol–water partition coefficient (Wildman–Crippen LogP) is 2.84. The van der Waals surface area contributed by atoms with Crippen LogP contribution in [-0.4, -0.2) is 31.9 Å². The Kier molecular flexibility index (Phi) is 5.39. The Bertz CT molecular complexity index is 865.